The van der Waals surface area contributed by atoms with Crippen LogP contribution in [0.5, 0.6) is 0 Å². The van der Waals surface area contributed by atoms with Crippen LogP contribution in [0, 0.1) is 0 Å². The van der Waals surface area contributed by atoms with Crippen molar-refractivity contribution in [3.8, 4) is 0 Å². The summed E-state index contributed by atoms with van der Waals surface area (Å²) in [5, 5.41) is 8.61. The number of carboxylic acid groups (broad SMARTS) is 1. The van der Waals surface area contributed by atoms with E-state index in [-0.39, 0.29) is 5.57 Å². The summed E-state index contributed by atoms with van der Waals surface area (Å²) >= 11 is 0. The van der Waals surface area contributed by atoms with E-state index < -0.39 is 5.97 Å². The molecule has 1 N–H and O–H groups in total. The fourth-order valence-electron chi connectivity index (χ4n) is 1.62. The predicted molar refractivity (Wildman–Crippen MR) is 71.6 cm³/mol. The molecule has 18 heavy (non-hydrogen) atoms. The first-order chi connectivity index (χ1) is 8.70. The van der Waals surface area contributed by atoms with E-state index >= 15 is 0 Å². The number of hydrogen-bond acceptors (Lipinski definition) is 2. The number of ether oxygens (including phenoxy) is 1. The third-order valence-electron chi connectivity index (χ3n) is 2.67. The molecule has 0 radical (unpaired) electrons. The third-order valence-corrected chi connectivity index (χ3v) is 2.67. The summed E-state index contributed by atoms with van der Waals surface area (Å²) in [6.45, 7) is 4.79. The van der Waals surface area contributed by atoms with Crippen molar-refractivity contribution in [2.75, 3.05) is 13.2 Å². The second-order valence-corrected chi connectivity index (χ2v) is 4.21. The van der Waals surface area contributed by atoms with Crippen molar-refractivity contribution in [1.29, 1.82) is 0 Å². The highest BCUT2D eigenvalue weighted by molar-refractivity contribution is 5.85. The molecule has 0 heterocycles. The van der Waals surface area contributed by atoms with Gasteiger partial charge in [0.1, 0.15) is 0 Å². The van der Waals surface area contributed by atoms with E-state index in [1.165, 1.54) is 5.56 Å². The quantitative estimate of drug-likeness (QED) is 0.539. The lowest BCUT2D eigenvalue weighted by Crippen LogP contribution is -2.02. The summed E-state index contributed by atoms with van der Waals surface area (Å²) < 4.78 is 5.45. The largest absolute Gasteiger partial charge is 0.478 e. The average Bonchev–Trinajstić information content (AvgIpc) is 2.38. The minimum atomic E-state index is -0.918. The molecular formula is C15H20O3. The highest BCUT2D eigenvalue weighted by Crippen LogP contribution is 2.04. The molecule has 0 saturated carbocycles. The van der Waals surface area contributed by atoms with Crippen LogP contribution in [0.3, 0.4) is 0 Å². The van der Waals surface area contributed by atoms with Gasteiger partial charge in [-0.3, -0.25) is 0 Å². The maximum Gasteiger partial charge on any atom is 0.330 e. The van der Waals surface area contributed by atoms with Gasteiger partial charge in [-0.1, -0.05) is 36.9 Å². The first-order valence-electron chi connectivity index (χ1n) is 6.23. The summed E-state index contributed by atoms with van der Waals surface area (Å²) in [7, 11) is 0. The SMILES string of the molecule is C=C(CCCOCCCc1ccccc1)C(=O)O. The van der Waals surface area contributed by atoms with Crippen molar-refractivity contribution in [3.63, 3.8) is 0 Å². The molecular weight excluding hydrogens is 228 g/mol. The number of carbonyl (C=O) groups is 1. The third kappa shape index (κ3) is 6.21. The van der Waals surface area contributed by atoms with Crippen LogP contribution in [0.1, 0.15) is 24.8 Å². The van der Waals surface area contributed by atoms with Gasteiger partial charge in [-0.25, -0.2) is 4.79 Å². The van der Waals surface area contributed by atoms with Gasteiger partial charge in [0.05, 0.1) is 0 Å². The van der Waals surface area contributed by atoms with Crippen LogP contribution >= 0.6 is 0 Å². The summed E-state index contributed by atoms with van der Waals surface area (Å²) in [6.07, 6.45) is 3.22. The molecule has 0 fully saturated rings. The number of hydrogen-bond donors (Lipinski definition) is 1. The number of aryl methyl sites for hydroxylation is 1. The van der Waals surface area contributed by atoms with Gasteiger partial charge in [0.25, 0.3) is 0 Å². The number of rotatable bonds is 9. The second-order valence-electron chi connectivity index (χ2n) is 4.21. The predicted octanol–water partition coefficient (Wildman–Crippen LogP) is 3.06. The monoisotopic (exact) mass is 248 g/mol. The zero-order valence-electron chi connectivity index (χ0n) is 10.6. The Morgan fingerprint density at radius 1 is 1.17 bits per heavy atom. The zero-order chi connectivity index (χ0) is 13.2. The van der Waals surface area contributed by atoms with Crippen LogP contribution in [0.15, 0.2) is 42.5 Å². The van der Waals surface area contributed by atoms with Crippen molar-refractivity contribution >= 4 is 5.97 Å². The molecule has 0 atom stereocenters. The maximum absolute atomic E-state index is 10.5. The van der Waals surface area contributed by atoms with Gasteiger partial charge in [-0.2, -0.15) is 0 Å². The van der Waals surface area contributed by atoms with Crippen LogP contribution in [0.4, 0.5) is 0 Å². The minimum Gasteiger partial charge on any atom is -0.478 e. The van der Waals surface area contributed by atoms with Gasteiger partial charge >= 0.3 is 5.97 Å². The molecule has 0 bridgehead atoms. The Kier molecular flexibility index (Phi) is 6.81. The molecule has 0 aromatic heterocycles. The Labute approximate surface area is 108 Å². The number of aliphatic carboxylic acids is 1. The van der Waals surface area contributed by atoms with Crippen molar-refractivity contribution in [3.05, 3.63) is 48.0 Å². The zero-order valence-corrected chi connectivity index (χ0v) is 10.6. The molecule has 0 aliphatic heterocycles. The summed E-state index contributed by atoms with van der Waals surface area (Å²) in [5.74, 6) is -0.918. The van der Waals surface area contributed by atoms with E-state index in [2.05, 4.69) is 18.7 Å². The van der Waals surface area contributed by atoms with Gasteiger partial charge < -0.3 is 9.84 Å². The molecule has 0 aliphatic carbocycles. The molecule has 1 rings (SSSR count). The fourth-order valence-corrected chi connectivity index (χ4v) is 1.62. The highest BCUT2D eigenvalue weighted by Gasteiger charge is 2.02. The van der Waals surface area contributed by atoms with Gasteiger partial charge in [-0.15, -0.1) is 0 Å². The molecule has 0 saturated heterocycles. The molecule has 0 unspecified atom stereocenters. The van der Waals surface area contributed by atoms with Crippen LogP contribution < -0.4 is 0 Å². The van der Waals surface area contributed by atoms with E-state index in [1.54, 1.807) is 0 Å². The van der Waals surface area contributed by atoms with Crippen molar-refractivity contribution in [2.45, 2.75) is 25.7 Å². The molecule has 1 aromatic carbocycles. The first kappa shape index (κ1) is 14.5. The second kappa shape index (κ2) is 8.48. The standard InChI is InChI=1S/C15H20O3/c1-13(15(16)17)7-5-11-18-12-6-10-14-8-3-2-4-9-14/h2-4,8-9H,1,5-7,10-12H2,(H,16,17). The smallest absolute Gasteiger partial charge is 0.330 e. The number of benzene rings is 1. The number of carboxylic acids is 1. The fraction of sp³-hybridized carbons (Fsp3) is 0.400. The molecule has 0 amide bonds. The first-order valence-corrected chi connectivity index (χ1v) is 6.23. The van der Waals surface area contributed by atoms with Crippen molar-refractivity contribution < 1.29 is 14.6 Å². The summed E-state index contributed by atoms with van der Waals surface area (Å²) in [4.78, 5) is 10.5. The van der Waals surface area contributed by atoms with Crippen molar-refractivity contribution in [1.82, 2.24) is 0 Å². The normalized spacial score (nSPS) is 10.2. The molecule has 3 heteroatoms. The molecule has 0 spiro atoms. The van der Waals surface area contributed by atoms with Gasteiger partial charge in [0.15, 0.2) is 0 Å². The average molecular weight is 248 g/mol. The Hall–Kier alpha value is -1.61. The summed E-state index contributed by atoms with van der Waals surface area (Å²) in [6, 6.07) is 10.3. The Bertz CT molecular complexity index is 371. The van der Waals surface area contributed by atoms with Crippen LogP contribution in [-0.4, -0.2) is 24.3 Å². The maximum atomic E-state index is 10.5. The molecule has 0 aliphatic rings. The van der Waals surface area contributed by atoms with E-state index in [9.17, 15) is 4.79 Å². The van der Waals surface area contributed by atoms with Gasteiger partial charge in [0, 0.05) is 18.8 Å². The Balaban J connectivity index is 1.96. The lowest BCUT2D eigenvalue weighted by molar-refractivity contribution is -0.132. The van der Waals surface area contributed by atoms with E-state index in [0.717, 1.165) is 19.3 Å². The van der Waals surface area contributed by atoms with Crippen LogP contribution in [-0.2, 0) is 16.0 Å². The van der Waals surface area contributed by atoms with Crippen LogP contribution in [0.25, 0.3) is 0 Å². The molecule has 98 valence electrons. The van der Waals surface area contributed by atoms with Crippen molar-refractivity contribution in [2.24, 2.45) is 0 Å². The lowest BCUT2D eigenvalue weighted by atomic mass is 10.1. The van der Waals surface area contributed by atoms with Crippen LogP contribution in [0.2, 0.25) is 0 Å². The topological polar surface area (TPSA) is 46.5 Å². The Morgan fingerprint density at radius 3 is 2.50 bits per heavy atom. The van der Waals surface area contributed by atoms with Gasteiger partial charge in [-0.05, 0) is 31.2 Å². The molecule has 3 nitrogen and oxygen atoms in total. The van der Waals surface area contributed by atoms with Gasteiger partial charge in [0.2, 0.25) is 0 Å². The highest BCUT2D eigenvalue weighted by atomic mass is 16.5. The van der Waals surface area contributed by atoms with E-state index in [0.29, 0.717) is 19.6 Å². The Morgan fingerprint density at radius 2 is 1.83 bits per heavy atom. The minimum absolute atomic E-state index is 0.253. The molecule has 1 aromatic rings. The lowest BCUT2D eigenvalue weighted by Gasteiger charge is -2.04. The van der Waals surface area contributed by atoms with E-state index in [1.807, 2.05) is 18.2 Å². The van der Waals surface area contributed by atoms with E-state index in [4.69, 9.17) is 9.84 Å². The summed E-state index contributed by atoms with van der Waals surface area (Å²) in [5.41, 5.74) is 1.57.